The van der Waals surface area contributed by atoms with Gasteiger partial charge in [-0.3, -0.25) is 25.0 Å². The van der Waals surface area contributed by atoms with Gasteiger partial charge in [-0.2, -0.15) is 0 Å². The van der Waals surface area contributed by atoms with Crippen molar-refractivity contribution in [2.45, 2.75) is 72.3 Å². The fourth-order valence-electron chi connectivity index (χ4n) is 4.93. The van der Waals surface area contributed by atoms with Gasteiger partial charge in [0.2, 0.25) is 11.8 Å². The van der Waals surface area contributed by atoms with Crippen molar-refractivity contribution >= 4 is 36.1 Å². The number of ketones is 1. The Kier molecular flexibility index (Phi) is 14.0. The monoisotopic (exact) mass is 510 g/mol. The molecule has 0 aliphatic heterocycles. The number of nitrogens with two attached hydrogens (primary N) is 2. The van der Waals surface area contributed by atoms with E-state index in [0.29, 0.717) is 6.42 Å². The molecule has 0 saturated heterocycles. The van der Waals surface area contributed by atoms with Gasteiger partial charge in [-0.15, -0.1) is 12.4 Å². The van der Waals surface area contributed by atoms with E-state index in [0.717, 1.165) is 5.56 Å². The maximum Gasteiger partial charge on any atom is 0.249 e. The van der Waals surface area contributed by atoms with Crippen LogP contribution in [0.15, 0.2) is 36.4 Å². The van der Waals surface area contributed by atoms with E-state index in [1.165, 1.54) is 0 Å². The third-order valence-corrected chi connectivity index (χ3v) is 6.13. The number of carbonyl (C=O) groups excluding carboxylic acids is 3. The molecule has 0 saturated carbocycles. The first-order valence-electron chi connectivity index (χ1n) is 12.0. The van der Waals surface area contributed by atoms with Crippen LogP contribution in [0.2, 0.25) is 0 Å². The third kappa shape index (κ3) is 8.42. The van der Waals surface area contributed by atoms with E-state index in [-0.39, 0.29) is 49.9 Å². The number of benzene rings is 1. The predicted molar refractivity (Wildman–Crippen MR) is 141 cm³/mol. The largest absolute Gasteiger partial charge is 0.318 e. The quantitative estimate of drug-likeness (QED) is 0.0845. The lowest BCUT2D eigenvalue weighted by Crippen LogP contribution is -2.66. The number of halogens is 1. The zero-order valence-corrected chi connectivity index (χ0v) is 22.4. The van der Waals surface area contributed by atoms with Gasteiger partial charge >= 0.3 is 0 Å². The molecule has 1 unspecified atom stereocenters. The first-order chi connectivity index (χ1) is 16.0. The summed E-state index contributed by atoms with van der Waals surface area (Å²) >= 11 is 0. The number of Topliss-reactive ketones (excluding diaryl/α,β-unsaturated/α-hetero) is 1. The van der Waals surface area contributed by atoms with Gasteiger partial charge in [0, 0.05) is 0 Å². The Morgan fingerprint density at radius 2 is 1.63 bits per heavy atom. The molecule has 35 heavy (non-hydrogen) atoms. The van der Waals surface area contributed by atoms with Gasteiger partial charge in [0.15, 0.2) is 5.78 Å². The molecule has 0 fully saturated rings. The summed E-state index contributed by atoms with van der Waals surface area (Å²) in [5.41, 5.74) is 8.43. The zero-order chi connectivity index (χ0) is 25.9. The summed E-state index contributed by atoms with van der Waals surface area (Å²) in [4.78, 5) is 40.3. The number of hydrazine groups is 1. The van der Waals surface area contributed by atoms with Crippen LogP contribution in [0.4, 0.5) is 0 Å². The Morgan fingerprint density at radius 1 is 1.06 bits per heavy atom. The first kappa shape index (κ1) is 32.7. The highest BCUT2D eigenvalue weighted by Gasteiger charge is 2.56. The van der Waals surface area contributed by atoms with Gasteiger partial charge in [-0.05, 0) is 43.1 Å². The van der Waals surface area contributed by atoms with Gasteiger partial charge < -0.3 is 5.73 Å². The summed E-state index contributed by atoms with van der Waals surface area (Å²) in [6, 6.07) is 9.50. The van der Waals surface area contributed by atoms with Crippen LogP contribution in [0.3, 0.4) is 0 Å². The SMILES string of the molecule is CCCC(CC(C)C)(C(=O)NN)C(=O)[C@@](N)(CC(C)C)[C@H](C/C=C/c1ccccc1)C(=O)NO.Cl. The lowest BCUT2D eigenvalue weighted by atomic mass is 9.61. The van der Waals surface area contributed by atoms with Crippen LogP contribution < -0.4 is 22.5 Å². The molecule has 7 N–H and O–H groups in total. The molecular formula is C26H43ClN4O4. The zero-order valence-electron chi connectivity index (χ0n) is 21.5. The maximum absolute atomic E-state index is 14.3. The molecule has 0 aliphatic carbocycles. The predicted octanol–water partition coefficient (Wildman–Crippen LogP) is 3.77. The Balaban J connectivity index is 0.0000116. The highest BCUT2D eigenvalue weighted by molar-refractivity contribution is 6.11. The Morgan fingerprint density at radius 3 is 2.09 bits per heavy atom. The van der Waals surface area contributed by atoms with Crippen molar-refractivity contribution < 1.29 is 19.6 Å². The lowest BCUT2D eigenvalue weighted by molar-refractivity contribution is -0.153. The number of amides is 2. The van der Waals surface area contributed by atoms with E-state index < -0.39 is 34.5 Å². The minimum atomic E-state index is -1.71. The maximum atomic E-state index is 14.3. The van der Waals surface area contributed by atoms with Crippen LogP contribution >= 0.6 is 12.4 Å². The topological polar surface area (TPSA) is 148 Å². The van der Waals surface area contributed by atoms with E-state index in [4.69, 9.17) is 11.6 Å². The Bertz CT molecular complexity index is 847. The fourth-order valence-corrected chi connectivity index (χ4v) is 4.93. The van der Waals surface area contributed by atoms with Gasteiger partial charge in [0.1, 0.15) is 5.41 Å². The number of allylic oxidation sites excluding steroid dienone is 1. The molecule has 8 nitrogen and oxygen atoms in total. The number of hydrogen-bond acceptors (Lipinski definition) is 6. The van der Waals surface area contributed by atoms with Gasteiger partial charge in [0.05, 0.1) is 11.5 Å². The van der Waals surface area contributed by atoms with Gasteiger partial charge in [-0.1, -0.05) is 83.5 Å². The molecule has 2 amide bonds. The number of nitrogens with one attached hydrogen (secondary N) is 2. The van der Waals surface area contributed by atoms with Crippen LogP contribution in [0, 0.1) is 23.2 Å². The summed E-state index contributed by atoms with van der Waals surface area (Å²) in [6.45, 7) is 9.52. The molecule has 9 heteroatoms. The molecule has 1 aromatic carbocycles. The van der Waals surface area contributed by atoms with E-state index in [9.17, 15) is 19.6 Å². The Labute approximate surface area is 215 Å². The molecule has 0 radical (unpaired) electrons. The summed E-state index contributed by atoms with van der Waals surface area (Å²) in [6.07, 6.45) is 4.89. The van der Waals surface area contributed by atoms with Gasteiger partial charge in [0.25, 0.3) is 0 Å². The summed E-state index contributed by atoms with van der Waals surface area (Å²) in [5.74, 6) is 2.49. The number of rotatable bonds is 14. The standard InChI is InChI=1S/C26H42N4O4.ClH/c1-6-15-25(16-18(2)3,24(33)29-28)23(32)26(27,17-19(4)5)21(22(31)30-34)14-10-13-20-11-8-7-9-12-20;/h7-13,18-19,21,34H,6,14-17,27-28H2,1-5H3,(H,29,33)(H,30,31);1H/b13-10+;/t21-,25?,26-;/m1./s1. The minimum Gasteiger partial charge on any atom is -0.318 e. The molecule has 0 aromatic heterocycles. The van der Waals surface area contributed by atoms with Crippen LogP contribution in [-0.4, -0.2) is 28.3 Å². The molecule has 0 spiro atoms. The third-order valence-electron chi connectivity index (χ3n) is 6.13. The summed E-state index contributed by atoms with van der Waals surface area (Å²) in [5, 5.41) is 9.52. The van der Waals surface area contributed by atoms with Crippen molar-refractivity contribution in [2.24, 2.45) is 34.7 Å². The molecule has 1 rings (SSSR count). The normalized spacial score (nSPS) is 15.7. The van der Waals surface area contributed by atoms with Crippen LogP contribution in [0.5, 0.6) is 0 Å². The van der Waals surface area contributed by atoms with E-state index in [1.807, 2.05) is 71.0 Å². The molecule has 0 heterocycles. The number of carbonyl (C=O) groups is 3. The fraction of sp³-hybridized carbons (Fsp3) is 0.577. The average Bonchev–Trinajstić information content (AvgIpc) is 2.79. The van der Waals surface area contributed by atoms with Crippen molar-refractivity contribution in [3.63, 3.8) is 0 Å². The number of hydroxylamine groups is 1. The first-order valence-corrected chi connectivity index (χ1v) is 12.0. The smallest absolute Gasteiger partial charge is 0.249 e. The summed E-state index contributed by atoms with van der Waals surface area (Å²) in [7, 11) is 0. The van der Waals surface area contributed by atoms with Crippen LogP contribution in [0.25, 0.3) is 6.08 Å². The van der Waals surface area contributed by atoms with Crippen molar-refractivity contribution in [3.05, 3.63) is 42.0 Å². The van der Waals surface area contributed by atoms with Gasteiger partial charge in [-0.25, -0.2) is 11.3 Å². The van der Waals surface area contributed by atoms with Crippen LogP contribution in [-0.2, 0) is 14.4 Å². The highest BCUT2D eigenvalue weighted by atomic mass is 35.5. The van der Waals surface area contributed by atoms with Crippen LogP contribution in [0.1, 0.15) is 72.3 Å². The molecule has 198 valence electrons. The highest BCUT2D eigenvalue weighted by Crippen LogP contribution is 2.41. The molecule has 1 aromatic rings. The second-order valence-corrected chi connectivity index (χ2v) is 9.95. The molecule has 3 atom stereocenters. The molecular weight excluding hydrogens is 468 g/mol. The Hall–Kier alpha value is -2.26. The minimum absolute atomic E-state index is 0. The average molecular weight is 511 g/mol. The van der Waals surface area contributed by atoms with Crippen molar-refractivity contribution in [1.82, 2.24) is 10.9 Å². The number of hydrogen-bond donors (Lipinski definition) is 5. The van der Waals surface area contributed by atoms with E-state index in [1.54, 1.807) is 11.6 Å². The lowest BCUT2D eigenvalue weighted by Gasteiger charge is -2.43. The van der Waals surface area contributed by atoms with Crippen molar-refractivity contribution in [2.75, 3.05) is 0 Å². The summed E-state index contributed by atoms with van der Waals surface area (Å²) < 4.78 is 0. The van der Waals surface area contributed by atoms with E-state index in [2.05, 4.69) is 5.43 Å². The van der Waals surface area contributed by atoms with Crippen molar-refractivity contribution in [3.8, 4) is 0 Å². The second-order valence-electron chi connectivity index (χ2n) is 9.95. The molecule has 0 bridgehead atoms. The van der Waals surface area contributed by atoms with Crippen molar-refractivity contribution in [1.29, 1.82) is 0 Å². The molecule has 0 aliphatic rings. The van der Waals surface area contributed by atoms with E-state index >= 15 is 0 Å². The second kappa shape index (κ2) is 15.0.